The van der Waals surface area contributed by atoms with Crippen molar-refractivity contribution in [2.24, 2.45) is 17.4 Å². The Balaban J connectivity index is 0. The smallest absolute Gasteiger partial charge is 0.317 e. The van der Waals surface area contributed by atoms with Crippen LogP contribution < -0.4 is 11.5 Å². The molecular formula is C8H18F2N2O2. The number of carboxylic acid groups (broad SMARTS) is 1. The van der Waals surface area contributed by atoms with Crippen molar-refractivity contribution in [3.63, 3.8) is 0 Å². The molecule has 0 saturated heterocycles. The maximum Gasteiger partial charge on any atom is 0.317 e. The Morgan fingerprint density at radius 1 is 1.50 bits per heavy atom. The summed E-state index contributed by atoms with van der Waals surface area (Å²) in [5.41, 5.74) is 8.99. The van der Waals surface area contributed by atoms with Crippen LogP contribution in [0.25, 0.3) is 0 Å². The summed E-state index contributed by atoms with van der Waals surface area (Å²) in [6, 6.07) is 0. The molecule has 0 aromatic carbocycles. The number of alkyl halides is 2. The lowest BCUT2D eigenvalue weighted by atomic mass is 10.5. The van der Waals surface area contributed by atoms with Crippen LogP contribution in [0.5, 0.6) is 0 Å². The van der Waals surface area contributed by atoms with Crippen molar-refractivity contribution in [2.45, 2.75) is 26.2 Å². The predicted octanol–water partition coefficient (Wildman–Crippen LogP) is 0.656. The van der Waals surface area contributed by atoms with Crippen molar-refractivity contribution >= 4 is 5.97 Å². The summed E-state index contributed by atoms with van der Waals surface area (Å²) in [5.74, 6) is 0.116. The third-order valence-electron chi connectivity index (χ3n) is 1.22. The Morgan fingerprint density at radius 2 is 1.71 bits per heavy atom. The summed E-state index contributed by atoms with van der Waals surface area (Å²) >= 11 is 0. The average molecular weight is 212 g/mol. The second-order valence-corrected chi connectivity index (χ2v) is 2.91. The first kappa shape index (κ1) is 15.7. The van der Waals surface area contributed by atoms with Crippen molar-refractivity contribution in [2.75, 3.05) is 13.1 Å². The molecule has 0 aromatic rings. The van der Waals surface area contributed by atoms with Crippen LogP contribution in [-0.2, 0) is 4.79 Å². The summed E-state index contributed by atoms with van der Waals surface area (Å²) < 4.78 is 21.3. The van der Waals surface area contributed by atoms with Crippen LogP contribution in [0.4, 0.5) is 8.78 Å². The van der Waals surface area contributed by atoms with E-state index in [1.165, 1.54) is 12.8 Å². The van der Waals surface area contributed by atoms with Crippen LogP contribution >= 0.6 is 0 Å². The highest BCUT2D eigenvalue weighted by Gasteiger charge is 2.12. The highest BCUT2D eigenvalue weighted by Crippen LogP contribution is 2.26. The zero-order chi connectivity index (χ0) is 11.6. The van der Waals surface area contributed by atoms with E-state index in [4.69, 9.17) is 5.11 Å². The minimum absolute atomic E-state index is 0.278. The number of halogens is 2. The van der Waals surface area contributed by atoms with Crippen molar-refractivity contribution in [3.05, 3.63) is 0 Å². The number of nitrogens with two attached hydrogens (primary N) is 2. The van der Waals surface area contributed by atoms with Crippen molar-refractivity contribution < 1.29 is 18.7 Å². The fourth-order valence-electron chi connectivity index (χ4n) is 0.167. The first-order valence-electron chi connectivity index (χ1n) is 4.34. The van der Waals surface area contributed by atoms with Gasteiger partial charge in [-0.25, -0.2) is 8.78 Å². The molecule has 1 fully saturated rings. The molecule has 0 heterocycles. The van der Waals surface area contributed by atoms with Gasteiger partial charge >= 0.3 is 5.97 Å². The lowest BCUT2D eigenvalue weighted by Gasteiger charge is -1.82. The SMILES string of the molecule is CC1CC1.NCC(=O)O.NCC(F)F. The molecule has 0 unspecified atom stereocenters. The molecule has 0 spiro atoms. The van der Waals surface area contributed by atoms with E-state index in [0.717, 1.165) is 5.92 Å². The molecule has 1 rings (SSSR count). The molecule has 14 heavy (non-hydrogen) atoms. The summed E-state index contributed by atoms with van der Waals surface area (Å²) in [5, 5.41) is 7.60. The zero-order valence-corrected chi connectivity index (χ0v) is 8.25. The maximum absolute atomic E-state index is 10.6. The average Bonchev–Trinajstić information content (AvgIpc) is 2.89. The van der Waals surface area contributed by atoms with E-state index < -0.39 is 18.9 Å². The molecule has 0 radical (unpaired) electrons. The van der Waals surface area contributed by atoms with Gasteiger partial charge in [0.25, 0.3) is 6.43 Å². The number of carbonyl (C=O) groups is 1. The minimum atomic E-state index is -2.34. The number of hydrogen-bond acceptors (Lipinski definition) is 3. The van der Waals surface area contributed by atoms with E-state index in [1.807, 2.05) is 0 Å². The van der Waals surface area contributed by atoms with Gasteiger partial charge in [0.2, 0.25) is 0 Å². The summed E-state index contributed by atoms with van der Waals surface area (Å²) in [6.45, 7) is 1.47. The van der Waals surface area contributed by atoms with Gasteiger partial charge < -0.3 is 16.6 Å². The number of aliphatic carboxylic acids is 1. The molecule has 0 aliphatic heterocycles. The van der Waals surface area contributed by atoms with Gasteiger partial charge in [0.15, 0.2) is 0 Å². The van der Waals surface area contributed by atoms with Gasteiger partial charge in [0.05, 0.1) is 13.1 Å². The topological polar surface area (TPSA) is 89.3 Å². The highest BCUT2D eigenvalue weighted by molar-refractivity contribution is 5.68. The first-order chi connectivity index (χ1) is 6.43. The van der Waals surface area contributed by atoms with Crippen molar-refractivity contribution in [1.29, 1.82) is 0 Å². The molecule has 1 aliphatic rings. The van der Waals surface area contributed by atoms with Gasteiger partial charge in [0, 0.05) is 0 Å². The normalized spacial score (nSPS) is 13.6. The van der Waals surface area contributed by atoms with Gasteiger partial charge in [-0.2, -0.15) is 0 Å². The van der Waals surface area contributed by atoms with Crippen molar-refractivity contribution in [3.8, 4) is 0 Å². The van der Waals surface area contributed by atoms with Gasteiger partial charge in [-0.3, -0.25) is 4.79 Å². The molecule has 1 saturated carbocycles. The molecule has 0 atom stereocenters. The Morgan fingerprint density at radius 3 is 1.71 bits per heavy atom. The third kappa shape index (κ3) is 30.3. The van der Waals surface area contributed by atoms with E-state index in [1.54, 1.807) is 0 Å². The summed E-state index contributed by atoms with van der Waals surface area (Å²) in [6.07, 6.45) is 0.634. The number of rotatable bonds is 2. The van der Waals surface area contributed by atoms with Crippen LogP contribution in [0.2, 0.25) is 0 Å². The lowest BCUT2D eigenvalue weighted by molar-refractivity contribution is -0.135. The summed E-state index contributed by atoms with van der Waals surface area (Å²) in [7, 11) is 0. The van der Waals surface area contributed by atoms with Crippen LogP contribution in [0.3, 0.4) is 0 Å². The maximum atomic E-state index is 10.6. The van der Waals surface area contributed by atoms with Crippen LogP contribution in [0.1, 0.15) is 19.8 Å². The molecule has 6 heteroatoms. The molecule has 0 bridgehead atoms. The van der Waals surface area contributed by atoms with Gasteiger partial charge in [-0.05, 0) is 5.92 Å². The van der Waals surface area contributed by atoms with Crippen molar-refractivity contribution in [1.82, 2.24) is 0 Å². The second-order valence-electron chi connectivity index (χ2n) is 2.91. The Bertz CT molecular complexity index is 141. The monoisotopic (exact) mass is 212 g/mol. The molecule has 86 valence electrons. The Kier molecular flexibility index (Phi) is 11.6. The second kappa shape index (κ2) is 10.3. The van der Waals surface area contributed by atoms with E-state index in [0.29, 0.717) is 0 Å². The van der Waals surface area contributed by atoms with Crippen LogP contribution in [0.15, 0.2) is 0 Å². The summed E-state index contributed by atoms with van der Waals surface area (Å²) in [4.78, 5) is 9.24. The molecule has 1 aliphatic carbocycles. The standard InChI is InChI=1S/C4H8.C2H5F2N.C2H5NO2/c1-4-2-3-4;3-2(4)1-5;3-1-2(4)5/h4H,2-3H2,1H3;2H,1,5H2;1,3H2,(H,4,5). The zero-order valence-electron chi connectivity index (χ0n) is 8.25. The fourth-order valence-corrected chi connectivity index (χ4v) is 0.167. The Hall–Kier alpha value is -0.750. The minimum Gasteiger partial charge on any atom is -0.480 e. The van der Waals surface area contributed by atoms with Gasteiger partial charge in [-0.15, -0.1) is 0 Å². The molecule has 0 amide bonds. The predicted molar refractivity (Wildman–Crippen MR) is 50.1 cm³/mol. The van der Waals surface area contributed by atoms with Crippen LogP contribution in [-0.4, -0.2) is 30.6 Å². The Labute approximate surface area is 82.3 Å². The highest BCUT2D eigenvalue weighted by atomic mass is 19.3. The van der Waals surface area contributed by atoms with E-state index >= 15 is 0 Å². The third-order valence-corrected chi connectivity index (χ3v) is 1.22. The van der Waals surface area contributed by atoms with E-state index in [-0.39, 0.29) is 6.54 Å². The largest absolute Gasteiger partial charge is 0.480 e. The quantitative estimate of drug-likeness (QED) is 0.627. The van der Waals surface area contributed by atoms with E-state index in [9.17, 15) is 13.6 Å². The van der Waals surface area contributed by atoms with Crippen LogP contribution in [0, 0.1) is 5.92 Å². The fraction of sp³-hybridized carbons (Fsp3) is 0.875. The number of carboxylic acids is 1. The lowest BCUT2D eigenvalue weighted by Crippen LogP contribution is -2.10. The molecule has 5 N–H and O–H groups in total. The molecular weight excluding hydrogens is 194 g/mol. The van der Waals surface area contributed by atoms with Gasteiger partial charge in [0.1, 0.15) is 0 Å². The number of hydrogen-bond donors (Lipinski definition) is 3. The van der Waals surface area contributed by atoms with E-state index in [2.05, 4.69) is 18.4 Å². The molecule has 0 aromatic heterocycles. The molecule has 4 nitrogen and oxygen atoms in total. The van der Waals surface area contributed by atoms with Gasteiger partial charge in [-0.1, -0.05) is 19.8 Å². The first-order valence-corrected chi connectivity index (χ1v) is 4.34.